The van der Waals surface area contributed by atoms with Crippen molar-refractivity contribution < 1.29 is 14.7 Å². The zero-order chi connectivity index (χ0) is 18.4. The first-order valence-corrected chi connectivity index (χ1v) is 7.28. The molecule has 126 valence electrons. The first-order valence-electron chi connectivity index (χ1n) is 7.28. The Morgan fingerprint density at radius 3 is 2.28 bits per heavy atom. The van der Waals surface area contributed by atoms with Crippen LogP contribution in [0.25, 0.3) is 0 Å². The van der Waals surface area contributed by atoms with Gasteiger partial charge in [-0.2, -0.15) is 5.26 Å². The number of amides is 2. The second-order valence-corrected chi connectivity index (χ2v) is 5.14. The van der Waals surface area contributed by atoms with Crippen LogP contribution < -0.4 is 16.0 Å². The van der Waals surface area contributed by atoms with E-state index in [2.05, 4.69) is 5.32 Å². The zero-order valence-electron chi connectivity index (χ0n) is 13.4. The number of rotatable bonds is 4. The molecule has 0 spiro atoms. The summed E-state index contributed by atoms with van der Waals surface area (Å²) in [4.78, 5) is 25.3. The Hall–Kier alpha value is -3.79. The van der Waals surface area contributed by atoms with Crippen molar-refractivity contribution in [2.45, 2.75) is 6.92 Å². The number of aromatic hydroxyl groups is 1. The summed E-state index contributed by atoms with van der Waals surface area (Å²) in [6.07, 6.45) is 1.17. The number of nitrogens with one attached hydrogen (secondary N) is 1. The second-order valence-electron chi connectivity index (χ2n) is 5.14. The molecule has 0 saturated heterocycles. The largest absolute Gasteiger partial charge is 0.508 e. The SMILES string of the molecule is CC(=O)N(/C=C(/C#N)C(=O)Nc1ccc(O)cc1)c1ccc(N)cc1. The molecule has 0 aliphatic heterocycles. The van der Waals surface area contributed by atoms with Crippen molar-refractivity contribution in [3.63, 3.8) is 0 Å². The van der Waals surface area contributed by atoms with Crippen LogP contribution in [-0.4, -0.2) is 16.9 Å². The van der Waals surface area contributed by atoms with Crippen LogP contribution in [0.5, 0.6) is 5.75 Å². The molecule has 0 unspecified atom stereocenters. The molecule has 0 aromatic heterocycles. The number of nitrogens with two attached hydrogens (primary N) is 1. The predicted molar refractivity (Wildman–Crippen MR) is 94.4 cm³/mol. The van der Waals surface area contributed by atoms with Gasteiger partial charge in [0.05, 0.1) is 0 Å². The normalized spacial score (nSPS) is 10.6. The number of nitriles is 1. The first kappa shape index (κ1) is 17.6. The Bertz CT molecular complexity index is 849. The highest BCUT2D eigenvalue weighted by atomic mass is 16.3. The minimum atomic E-state index is -0.671. The van der Waals surface area contributed by atoms with Crippen molar-refractivity contribution in [2.24, 2.45) is 0 Å². The first-order chi connectivity index (χ1) is 11.9. The maximum Gasteiger partial charge on any atom is 0.267 e. The van der Waals surface area contributed by atoms with Crippen molar-refractivity contribution in [3.05, 3.63) is 60.3 Å². The van der Waals surface area contributed by atoms with Crippen molar-refractivity contribution in [3.8, 4) is 11.8 Å². The van der Waals surface area contributed by atoms with Gasteiger partial charge in [0, 0.05) is 30.2 Å². The van der Waals surface area contributed by atoms with E-state index in [4.69, 9.17) is 5.73 Å². The fourth-order valence-electron chi connectivity index (χ4n) is 1.99. The number of carbonyl (C=O) groups excluding carboxylic acids is 2. The summed E-state index contributed by atoms with van der Waals surface area (Å²) in [6.45, 7) is 1.32. The monoisotopic (exact) mass is 336 g/mol. The molecule has 7 nitrogen and oxygen atoms in total. The fourth-order valence-corrected chi connectivity index (χ4v) is 1.99. The molecule has 25 heavy (non-hydrogen) atoms. The van der Waals surface area contributed by atoms with E-state index in [-0.39, 0.29) is 17.2 Å². The van der Waals surface area contributed by atoms with Crippen molar-refractivity contribution in [1.82, 2.24) is 0 Å². The molecule has 7 heteroatoms. The van der Waals surface area contributed by atoms with Gasteiger partial charge in [0.25, 0.3) is 5.91 Å². The molecule has 2 aromatic carbocycles. The summed E-state index contributed by atoms with van der Waals surface area (Å²) in [5.74, 6) is -0.981. The van der Waals surface area contributed by atoms with E-state index < -0.39 is 5.91 Å². The highest BCUT2D eigenvalue weighted by Gasteiger charge is 2.15. The molecule has 2 amide bonds. The molecule has 0 bridgehead atoms. The number of phenols is 1. The smallest absolute Gasteiger partial charge is 0.267 e. The number of carbonyl (C=O) groups is 2. The summed E-state index contributed by atoms with van der Waals surface area (Å²) in [5, 5.41) is 21.0. The molecule has 2 aromatic rings. The highest BCUT2D eigenvalue weighted by molar-refractivity contribution is 6.08. The summed E-state index contributed by atoms with van der Waals surface area (Å²) in [7, 11) is 0. The van der Waals surface area contributed by atoms with Crippen LogP contribution in [-0.2, 0) is 9.59 Å². The summed E-state index contributed by atoms with van der Waals surface area (Å²) in [6, 6.07) is 14.0. The lowest BCUT2D eigenvalue weighted by Gasteiger charge is -2.17. The Morgan fingerprint density at radius 1 is 1.16 bits per heavy atom. The molecule has 0 saturated carbocycles. The van der Waals surface area contributed by atoms with E-state index in [1.54, 1.807) is 30.3 Å². The number of nitrogen functional groups attached to an aromatic ring is 1. The minimum Gasteiger partial charge on any atom is -0.508 e. The Balaban J connectivity index is 2.27. The Labute approximate surface area is 144 Å². The maximum absolute atomic E-state index is 12.2. The molecule has 0 heterocycles. The van der Waals surface area contributed by atoms with Gasteiger partial charge in [-0.1, -0.05) is 0 Å². The van der Waals surface area contributed by atoms with Crippen LogP contribution in [0.15, 0.2) is 60.3 Å². The van der Waals surface area contributed by atoms with E-state index in [0.717, 1.165) is 0 Å². The van der Waals surface area contributed by atoms with E-state index in [1.807, 2.05) is 0 Å². The molecule has 0 radical (unpaired) electrons. The van der Waals surface area contributed by atoms with Gasteiger partial charge < -0.3 is 16.2 Å². The zero-order valence-corrected chi connectivity index (χ0v) is 13.4. The molecule has 2 rings (SSSR count). The molecular weight excluding hydrogens is 320 g/mol. The number of benzene rings is 2. The maximum atomic E-state index is 12.2. The molecule has 0 aliphatic rings. The van der Waals surface area contributed by atoms with Crippen molar-refractivity contribution in [1.29, 1.82) is 5.26 Å². The molecular formula is C18H16N4O3. The average Bonchev–Trinajstić information content (AvgIpc) is 2.58. The van der Waals surface area contributed by atoms with E-state index >= 15 is 0 Å². The average molecular weight is 336 g/mol. The summed E-state index contributed by atoms with van der Waals surface area (Å²) in [5.41, 5.74) is 6.79. The topological polar surface area (TPSA) is 119 Å². The quantitative estimate of drug-likeness (QED) is 0.343. The van der Waals surface area contributed by atoms with Gasteiger partial charge in [-0.25, -0.2) is 0 Å². The van der Waals surface area contributed by atoms with Gasteiger partial charge >= 0.3 is 0 Å². The van der Waals surface area contributed by atoms with Gasteiger partial charge in [-0.3, -0.25) is 14.5 Å². The van der Waals surface area contributed by atoms with Gasteiger partial charge in [0.2, 0.25) is 5.91 Å². The third kappa shape index (κ3) is 4.59. The van der Waals surface area contributed by atoms with Gasteiger partial charge in [-0.05, 0) is 48.5 Å². The molecule has 0 aliphatic carbocycles. The summed E-state index contributed by atoms with van der Waals surface area (Å²) >= 11 is 0. The van der Waals surface area contributed by atoms with Crippen molar-refractivity contribution in [2.75, 3.05) is 16.0 Å². The third-order valence-corrected chi connectivity index (χ3v) is 3.26. The van der Waals surface area contributed by atoms with Gasteiger partial charge in [0.15, 0.2) is 0 Å². The Morgan fingerprint density at radius 2 is 1.76 bits per heavy atom. The minimum absolute atomic E-state index is 0.0557. The second kappa shape index (κ2) is 7.66. The van der Waals surface area contributed by atoms with Crippen molar-refractivity contribution >= 4 is 28.9 Å². The number of hydrogen-bond acceptors (Lipinski definition) is 5. The standard InChI is InChI=1S/C18H16N4O3/c1-12(23)22(16-6-2-14(20)3-7-16)11-13(10-19)18(25)21-15-4-8-17(24)9-5-15/h2-9,11,24H,20H2,1H3,(H,21,25)/b13-11-. The van der Waals surface area contributed by atoms with Crippen LogP contribution in [0.4, 0.5) is 17.1 Å². The number of hydrogen-bond donors (Lipinski definition) is 3. The molecule has 0 atom stereocenters. The van der Waals surface area contributed by atoms with Crippen LogP contribution in [0, 0.1) is 11.3 Å². The van der Waals surface area contributed by atoms with Crippen LogP contribution in [0.3, 0.4) is 0 Å². The number of nitrogens with zero attached hydrogens (tertiary/aromatic N) is 2. The lowest BCUT2D eigenvalue weighted by molar-refractivity contribution is -0.116. The van der Waals surface area contributed by atoms with Gasteiger partial charge in [0.1, 0.15) is 17.4 Å². The molecule has 4 N–H and O–H groups in total. The third-order valence-electron chi connectivity index (χ3n) is 3.26. The lowest BCUT2D eigenvalue weighted by atomic mass is 10.2. The summed E-state index contributed by atoms with van der Waals surface area (Å²) < 4.78 is 0. The van der Waals surface area contributed by atoms with Crippen LogP contribution in [0.1, 0.15) is 6.92 Å². The highest BCUT2D eigenvalue weighted by Crippen LogP contribution is 2.19. The van der Waals surface area contributed by atoms with E-state index in [9.17, 15) is 20.0 Å². The van der Waals surface area contributed by atoms with Crippen LogP contribution in [0.2, 0.25) is 0 Å². The number of anilines is 3. The molecule has 0 fully saturated rings. The number of phenolic OH excluding ortho intramolecular Hbond substituents is 1. The van der Waals surface area contributed by atoms with Gasteiger partial charge in [-0.15, -0.1) is 0 Å². The van der Waals surface area contributed by atoms with E-state index in [0.29, 0.717) is 17.1 Å². The fraction of sp³-hybridized carbons (Fsp3) is 0.0556. The van der Waals surface area contributed by atoms with E-state index in [1.165, 1.54) is 42.3 Å². The van der Waals surface area contributed by atoms with Crippen LogP contribution >= 0.6 is 0 Å². The predicted octanol–water partition coefficient (Wildman–Crippen LogP) is 2.37. The lowest BCUT2D eigenvalue weighted by Crippen LogP contribution is -2.25. The Kier molecular flexibility index (Phi) is 5.38.